The number of carbonyl (C=O) groups is 2. The van der Waals surface area contributed by atoms with Gasteiger partial charge in [0.05, 0.1) is 24.6 Å². The first kappa shape index (κ1) is 28.5. The van der Waals surface area contributed by atoms with Crippen molar-refractivity contribution in [3.05, 3.63) is 58.7 Å². The molecule has 9 heteroatoms. The molecule has 2 aromatic carbocycles. The summed E-state index contributed by atoms with van der Waals surface area (Å²) in [5, 5.41) is 0. The summed E-state index contributed by atoms with van der Waals surface area (Å²) in [6.07, 6.45) is 1.47. The highest BCUT2D eigenvalue weighted by molar-refractivity contribution is 5.97. The molecular formula is C31H37F3N2O4. The lowest BCUT2D eigenvalue weighted by Crippen LogP contribution is -2.45. The minimum absolute atomic E-state index is 0.0149. The van der Waals surface area contributed by atoms with Gasteiger partial charge >= 0.3 is 12.1 Å². The first-order valence-corrected chi connectivity index (χ1v) is 14.4. The number of rotatable bonds is 8. The van der Waals surface area contributed by atoms with Crippen LogP contribution in [0, 0.1) is 5.92 Å². The number of hydrogen-bond donors (Lipinski definition) is 0. The van der Waals surface area contributed by atoms with Crippen molar-refractivity contribution in [2.45, 2.75) is 70.6 Å². The maximum absolute atomic E-state index is 13.8. The van der Waals surface area contributed by atoms with Crippen LogP contribution in [0.15, 0.2) is 36.4 Å². The van der Waals surface area contributed by atoms with Gasteiger partial charge in [-0.2, -0.15) is 13.2 Å². The molecule has 0 bridgehead atoms. The van der Waals surface area contributed by atoms with E-state index in [0.29, 0.717) is 43.0 Å². The number of nitrogens with zero attached hydrogens (tertiary/aromatic N) is 2. The SMILES string of the molecule is CCOC(=O)[C@@H]1CCCN(CC(=O)N2CCc3cc(OCc4ccc(C5CCCC5)c(C(F)(F)F)c4)ccc32)C1. The highest BCUT2D eigenvalue weighted by atomic mass is 19.4. The van der Waals surface area contributed by atoms with E-state index in [9.17, 15) is 22.8 Å². The van der Waals surface area contributed by atoms with Crippen molar-refractivity contribution in [3.8, 4) is 5.75 Å². The van der Waals surface area contributed by atoms with Crippen LogP contribution in [0.1, 0.15) is 73.6 Å². The summed E-state index contributed by atoms with van der Waals surface area (Å²) < 4.78 is 52.6. The lowest BCUT2D eigenvalue weighted by atomic mass is 9.91. The lowest BCUT2D eigenvalue weighted by molar-refractivity contribution is -0.150. The van der Waals surface area contributed by atoms with E-state index in [1.807, 2.05) is 17.0 Å². The summed E-state index contributed by atoms with van der Waals surface area (Å²) in [6, 6.07) is 10.1. The summed E-state index contributed by atoms with van der Waals surface area (Å²) in [5.41, 5.74) is 2.13. The number of fused-ring (bicyclic) bond motifs is 1. The molecule has 5 rings (SSSR count). The van der Waals surface area contributed by atoms with Crippen LogP contribution in [0.3, 0.4) is 0 Å². The third-order valence-corrected chi connectivity index (χ3v) is 8.36. The molecule has 3 aliphatic rings. The Morgan fingerprint density at radius 2 is 1.80 bits per heavy atom. The molecule has 1 atom stereocenters. The summed E-state index contributed by atoms with van der Waals surface area (Å²) in [4.78, 5) is 29.1. The highest BCUT2D eigenvalue weighted by Crippen LogP contribution is 2.42. The second-order valence-corrected chi connectivity index (χ2v) is 11.1. The van der Waals surface area contributed by atoms with E-state index in [0.717, 1.165) is 56.3 Å². The molecule has 2 heterocycles. The molecule has 6 nitrogen and oxygen atoms in total. The zero-order chi connectivity index (χ0) is 28.3. The molecule has 2 aromatic rings. The monoisotopic (exact) mass is 558 g/mol. The Bertz CT molecular complexity index is 1230. The quantitative estimate of drug-likeness (QED) is 0.366. The Balaban J connectivity index is 1.20. The zero-order valence-corrected chi connectivity index (χ0v) is 23.0. The zero-order valence-electron chi connectivity index (χ0n) is 23.0. The Morgan fingerprint density at radius 3 is 2.55 bits per heavy atom. The Kier molecular flexibility index (Phi) is 8.68. The standard InChI is InChI=1S/C31H37F3N2O4/c1-2-39-30(38)24-8-5-14-35(18-24)19-29(37)36-15-13-23-17-25(10-12-28(23)36)40-20-21-9-11-26(22-6-3-4-7-22)27(16-21)31(32,33)34/h9-12,16-17,22,24H,2-8,13-15,18-20H2,1H3/t24-/m1/s1. The molecule has 0 unspecified atom stereocenters. The van der Waals surface area contributed by atoms with Crippen LogP contribution >= 0.6 is 0 Å². The van der Waals surface area contributed by atoms with Gasteiger partial charge in [-0.05, 0) is 92.4 Å². The van der Waals surface area contributed by atoms with Gasteiger partial charge in [0, 0.05) is 18.8 Å². The molecule has 1 aliphatic carbocycles. The molecular weight excluding hydrogens is 521 g/mol. The first-order valence-electron chi connectivity index (χ1n) is 14.4. The van der Waals surface area contributed by atoms with Gasteiger partial charge in [-0.15, -0.1) is 0 Å². The molecule has 1 saturated carbocycles. The van der Waals surface area contributed by atoms with E-state index < -0.39 is 11.7 Å². The van der Waals surface area contributed by atoms with Crippen molar-refractivity contribution >= 4 is 17.6 Å². The van der Waals surface area contributed by atoms with Crippen LogP contribution < -0.4 is 9.64 Å². The molecule has 2 aliphatic heterocycles. The average molecular weight is 559 g/mol. The van der Waals surface area contributed by atoms with Crippen LogP contribution in [0.25, 0.3) is 0 Å². The van der Waals surface area contributed by atoms with E-state index >= 15 is 0 Å². The fourth-order valence-corrected chi connectivity index (χ4v) is 6.35. The van der Waals surface area contributed by atoms with E-state index in [-0.39, 0.29) is 36.9 Å². The van der Waals surface area contributed by atoms with E-state index in [1.54, 1.807) is 30.0 Å². The predicted octanol–water partition coefficient (Wildman–Crippen LogP) is 6.11. The van der Waals surface area contributed by atoms with Gasteiger partial charge in [0.25, 0.3) is 0 Å². The molecule has 0 spiro atoms. The number of alkyl halides is 3. The van der Waals surface area contributed by atoms with Crippen molar-refractivity contribution in [1.29, 1.82) is 0 Å². The largest absolute Gasteiger partial charge is 0.489 e. The van der Waals surface area contributed by atoms with E-state index in [1.165, 1.54) is 6.07 Å². The van der Waals surface area contributed by atoms with Gasteiger partial charge in [0.1, 0.15) is 12.4 Å². The van der Waals surface area contributed by atoms with Gasteiger partial charge in [-0.3, -0.25) is 14.5 Å². The summed E-state index contributed by atoms with van der Waals surface area (Å²) in [6.45, 7) is 4.28. The van der Waals surface area contributed by atoms with Crippen molar-refractivity contribution in [3.63, 3.8) is 0 Å². The van der Waals surface area contributed by atoms with Crippen molar-refractivity contribution in [2.75, 3.05) is 37.7 Å². The average Bonchev–Trinajstić information content (AvgIpc) is 3.62. The number of halogens is 3. The second kappa shape index (κ2) is 12.2. The maximum atomic E-state index is 13.8. The molecule has 0 radical (unpaired) electrons. The van der Waals surface area contributed by atoms with Crippen LogP contribution in [-0.4, -0.2) is 49.6 Å². The van der Waals surface area contributed by atoms with E-state index in [2.05, 4.69) is 0 Å². The van der Waals surface area contributed by atoms with Gasteiger partial charge < -0.3 is 14.4 Å². The van der Waals surface area contributed by atoms with Crippen molar-refractivity contribution in [1.82, 2.24) is 4.90 Å². The predicted molar refractivity (Wildman–Crippen MR) is 145 cm³/mol. The number of ether oxygens (including phenoxy) is 2. The van der Waals surface area contributed by atoms with Gasteiger partial charge in [-0.25, -0.2) is 0 Å². The van der Waals surface area contributed by atoms with Gasteiger partial charge in [0.2, 0.25) is 5.91 Å². The molecule has 40 heavy (non-hydrogen) atoms. The summed E-state index contributed by atoms with van der Waals surface area (Å²) >= 11 is 0. The third kappa shape index (κ3) is 6.45. The number of hydrogen-bond acceptors (Lipinski definition) is 5. The Hall–Kier alpha value is -3.07. The van der Waals surface area contributed by atoms with Crippen LogP contribution in [-0.2, 0) is 33.5 Å². The molecule has 0 aromatic heterocycles. The Morgan fingerprint density at radius 1 is 1.00 bits per heavy atom. The Labute approximate surface area is 233 Å². The van der Waals surface area contributed by atoms with Gasteiger partial charge in [0.15, 0.2) is 0 Å². The number of benzene rings is 2. The molecule has 1 saturated heterocycles. The van der Waals surface area contributed by atoms with Crippen LogP contribution in [0.2, 0.25) is 0 Å². The number of carbonyl (C=O) groups excluding carboxylic acids is 2. The number of amides is 1. The normalized spacial score (nSPS) is 20.0. The third-order valence-electron chi connectivity index (χ3n) is 8.36. The van der Waals surface area contributed by atoms with Crippen LogP contribution in [0.5, 0.6) is 5.75 Å². The minimum atomic E-state index is -4.40. The molecule has 1 amide bonds. The topological polar surface area (TPSA) is 59.1 Å². The molecule has 216 valence electrons. The molecule has 2 fully saturated rings. The van der Waals surface area contributed by atoms with E-state index in [4.69, 9.17) is 9.47 Å². The minimum Gasteiger partial charge on any atom is -0.489 e. The lowest BCUT2D eigenvalue weighted by Gasteiger charge is -2.32. The number of likely N-dealkylation sites (tertiary alicyclic amines) is 1. The van der Waals surface area contributed by atoms with Crippen LogP contribution in [0.4, 0.5) is 18.9 Å². The van der Waals surface area contributed by atoms with Crippen molar-refractivity contribution in [2.24, 2.45) is 5.92 Å². The van der Waals surface area contributed by atoms with Gasteiger partial charge in [-0.1, -0.05) is 25.0 Å². The summed E-state index contributed by atoms with van der Waals surface area (Å²) in [7, 11) is 0. The smallest absolute Gasteiger partial charge is 0.416 e. The number of piperidine rings is 1. The fraction of sp³-hybridized carbons (Fsp3) is 0.548. The second-order valence-electron chi connectivity index (χ2n) is 11.1. The number of esters is 1. The fourth-order valence-electron chi connectivity index (χ4n) is 6.35. The molecule has 0 N–H and O–H groups in total. The first-order chi connectivity index (χ1) is 19.2. The summed E-state index contributed by atoms with van der Waals surface area (Å²) in [5.74, 6) is 0.132. The number of anilines is 1. The maximum Gasteiger partial charge on any atom is 0.416 e. The highest BCUT2D eigenvalue weighted by Gasteiger charge is 2.36. The van der Waals surface area contributed by atoms with Crippen molar-refractivity contribution < 1.29 is 32.2 Å².